The van der Waals surface area contributed by atoms with E-state index in [1.54, 1.807) is 43.3 Å². The molecule has 3 aromatic carbocycles. The van der Waals surface area contributed by atoms with Crippen LogP contribution in [0.15, 0.2) is 90.0 Å². The van der Waals surface area contributed by atoms with Crippen LogP contribution in [-0.2, 0) is 13.1 Å². The van der Waals surface area contributed by atoms with E-state index in [-0.39, 0.29) is 41.1 Å². The molecule has 0 saturated carbocycles. The predicted octanol–water partition coefficient (Wildman–Crippen LogP) is 7.23. The summed E-state index contributed by atoms with van der Waals surface area (Å²) in [6.07, 6.45) is 2.39. The fourth-order valence-electron chi connectivity index (χ4n) is 4.43. The summed E-state index contributed by atoms with van der Waals surface area (Å²) >= 11 is 18.1. The van der Waals surface area contributed by atoms with Crippen molar-refractivity contribution < 1.29 is 14.7 Å². The van der Waals surface area contributed by atoms with Crippen molar-refractivity contribution in [2.45, 2.75) is 20.0 Å². The molecule has 0 radical (unpaired) electrons. The second-order valence-corrected chi connectivity index (χ2v) is 11.0. The molecule has 0 fully saturated rings. The summed E-state index contributed by atoms with van der Waals surface area (Å²) < 4.78 is 1.23. The lowest BCUT2D eigenvalue weighted by molar-refractivity contribution is 0.0951. The van der Waals surface area contributed by atoms with Crippen molar-refractivity contribution >= 4 is 58.1 Å². The highest BCUT2D eigenvalue weighted by molar-refractivity contribution is 6.42. The average molecular weight is 664 g/mol. The summed E-state index contributed by atoms with van der Waals surface area (Å²) in [6, 6.07) is 20.4. The van der Waals surface area contributed by atoms with E-state index in [0.717, 1.165) is 22.9 Å². The van der Waals surface area contributed by atoms with Crippen molar-refractivity contribution in [3.05, 3.63) is 122 Å². The molecule has 0 unspecified atom stereocenters. The molecule has 0 aliphatic heterocycles. The van der Waals surface area contributed by atoms with Crippen LogP contribution in [0.4, 0.5) is 16.2 Å². The number of aryl methyl sites for hydroxylation is 1. The Balaban J connectivity index is 1.37. The number of aromatic hydroxyl groups is 1. The second-order valence-electron chi connectivity index (χ2n) is 9.75. The van der Waals surface area contributed by atoms with Crippen molar-refractivity contribution in [1.82, 2.24) is 20.1 Å². The molecule has 0 spiro atoms. The van der Waals surface area contributed by atoms with E-state index in [1.807, 2.05) is 30.3 Å². The topological polar surface area (TPSA) is 138 Å². The van der Waals surface area contributed by atoms with Gasteiger partial charge in [0.1, 0.15) is 11.4 Å². The van der Waals surface area contributed by atoms with Crippen LogP contribution in [0.3, 0.4) is 0 Å². The van der Waals surface area contributed by atoms with Crippen LogP contribution in [0.25, 0.3) is 22.4 Å². The summed E-state index contributed by atoms with van der Waals surface area (Å²) in [4.78, 5) is 42.4. The van der Waals surface area contributed by atoms with E-state index < -0.39 is 11.6 Å². The Morgan fingerprint density at radius 3 is 2.31 bits per heavy atom. The highest BCUT2D eigenvalue weighted by atomic mass is 35.5. The van der Waals surface area contributed by atoms with Gasteiger partial charge in [0.25, 0.3) is 11.5 Å². The lowest BCUT2D eigenvalue weighted by Crippen LogP contribution is -2.29. The van der Waals surface area contributed by atoms with Gasteiger partial charge < -0.3 is 21.1 Å². The number of anilines is 2. The van der Waals surface area contributed by atoms with Gasteiger partial charge in [-0.2, -0.15) is 5.10 Å². The molecular formula is C32H25Cl3N6O4. The van der Waals surface area contributed by atoms with Crippen LogP contribution in [0.5, 0.6) is 5.75 Å². The highest BCUT2D eigenvalue weighted by Crippen LogP contribution is 2.30. The normalized spacial score (nSPS) is 10.8. The Labute approximate surface area is 272 Å². The number of pyridine rings is 1. The molecule has 3 amide bonds. The average Bonchev–Trinajstić information content (AvgIpc) is 3.04. The fraction of sp³-hybridized carbons (Fsp3) is 0.0938. The largest absolute Gasteiger partial charge is 0.504 e. The van der Waals surface area contributed by atoms with E-state index in [1.165, 1.54) is 16.9 Å². The Hall–Kier alpha value is -4.90. The number of benzene rings is 3. The summed E-state index contributed by atoms with van der Waals surface area (Å²) in [6.45, 7) is 2.28. The SMILES string of the molecule is CCn1nc(-c2cccc(-c3cccc(C(=O)NCc4ccc(Cl)c(Cl)c4)c3)c2)cc(NC(=O)Nc2c(O)cncc2Cl)c1=O. The minimum atomic E-state index is -0.793. The molecule has 0 bridgehead atoms. The van der Waals surface area contributed by atoms with Crippen molar-refractivity contribution in [1.29, 1.82) is 0 Å². The molecule has 0 aliphatic carbocycles. The first kappa shape index (κ1) is 31.5. The van der Waals surface area contributed by atoms with Gasteiger partial charge in [0.2, 0.25) is 0 Å². The molecule has 2 heterocycles. The minimum Gasteiger partial charge on any atom is -0.504 e. The molecular weight excluding hydrogens is 639 g/mol. The summed E-state index contributed by atoms with van der Waals surface area (Å²) in [5.74, 6) is -0.588. The van der Waals surface area contributed by atoms with Crippen molar-refractivity contribution in [3.63, 3.8) is 0 Å². The van der Waals surface area contributed by atoms with Gasteiger partial charge in [-0.05, 0) is 60.0 Å². The number of amides is 3. The molecule has 13 heteroatoms. The zero-order chi connectivity index (χ0) is 32.1. The van der Waals surface area contributed by atoms with Crippen molar-refractivity contribution in [3.8, 4) is 28.1 Å². The minimum absolute atomic E-state index is 0.0244. The number of carbonyl (C=O) groups is 2. The Morgan fingerprint density at radius 2 is 1.58 bits per heavy atom. The van der Waals surface area contributed by atoms with Crippen LogP contribution >= 0.6 is 34.8 Å². The number of hydrogen-bond acceptors (Lipinski definition) is 6. The van der Waals surface area contributed by atoms with E-state index in [9.17, 15) is 19.5 Å². The second kappa shape index (κ2) is 13.8. The molecule has 0 atom stereocenters. The summed E-state index contributed by atoms with van der Waals surface area (Å²) in [5, 5.41) is 23.2. The van der Waals surface area contributed by atoms with Crippen LogP contribution in [0, 0.1) is 0 Å². The highest BCUT2D eigenvalue weighted by Gasteiger charge is 2.16. The lowest BCUT2D eigenvalue weighted by atomic mass is 9.99. The molecule has 45 heavy (non-hydrogen) atoms. The maximum atomic E-state index is 13.0. The Bertz CT molecular complexity index is 1960. The number of hydrogen-bond donors (Lipinski definition) is 4. The lowest BCUT2D eigenvalue weighted by Gasteiger charge is -2.13. The number of halogens is 3. The van der Waals surface area contributed by atoms with Crippen LogP contribution in [-0.4, -0.2) is 31.8 Å². The standard InChI is InChI=1S/C32H25Cl3N6O4/c1-2-41-31(44)27(38-32(45)39-29-25(35)16-36-17-28(29)42)14-26(40-41)21-7-3-5-19(12-21)20-6-4-8-22(13-20)30(43)37-15-18-9-10-23(33)24(34)11-18/h3-14,16-17,42H,2,15H2,1H3,(H,37,43)(H2,36,38,39,45). The van der Waals surface area contributed by atoms with Gasteiger partial charge in [0, 0.05) is 30.4 Å². The zero-order valence-corrected chi connectivity index (χ0v) is 25.9. The van der Waals surface area contributed by atoms with Crippen molar-refractivity contribution in [2.24, 2.45) is 0 Å². The van der Waals surface area contributed by atoms with Gasteiger partial charge in [-0.3, -0.25) is 14.6 Å². The first-order valence-corrected chi connectivity index (χ1v) is 14.7. The first-order chi connectivity index (χ1) is 21.6. The number of aromatic nitrogens is 3. The number of nitrogens with one attached hydrogen (secondary N) is 3. The van der Waals surface area contributed by atoms with Gasteiger partial charge in [-0.15, -0.1) is 0 Å². The van der Waals surface area contributed by atoms with E-state index in [2.05, 4.69) is 26.0 Å². The molecule has 5 aromatic rings. The summed E-state index contributed by atoms with van der Waals surface area (Å²) in [7, 11) is 0. The maximum absolute atomic E-state index is 13.0. The molecule has 228 valence electrons. The van der Waals surface area contributed by atoms with E-state index >= 15 is 0 Å². The van der Waals surface area contributed by atoms with E-state index in [0.29, 0.717) is 26.9 Å². The van der Waals surface area contributed by atoms with Crippen LogP contribution in [0.1, 0.15) is 22.8 Å². The summed E-state index contributed by atoms with van der Waals surface area (Å²) in [5.41, 5.74) is 3.37. The Kier molecular flexibility index (Phi) is 9.68. The first-order valence-electron chi connectivity index (χ1n) is 13.6. The van der Waals surface area contributed by atoms with E-state index in [4.69, 9.17) is 34.8 Å². The smallest absolute Gasteiger partial charge is 0.323 e. The third kappa shape index (κ3) is 7.43. The third-order valence-electron chi connectivity index (χ3n) is 6.69. The molecule has 2 aromatic heterocycles. The molecule has 10 nitrogen and oxygen atoms in total. The molecule has 4 N–H and O–H groups in total. The molecule has 0 saturated heterocycles. The third-order valence-corrected chi connectivity index (χ3v) is 7.72. The zero-order valence-electron chi connectivity index (χ0n) is 23.6. The van der Waals surface area contributed by atoms with Crippen LogP contribution < -0.4 is 21.5 Å². The van der Waals surface area contributed by atoms with Crippen LogP contribution in [0.2, 0.25) is 15.1 Å². The predicted molar refractivity (Wildman–Crippen MR) is 176 cm³/mol. The Morgan fingerprint density at radius 1 is 0.844 bits per heavy atom. The van der Waals surface area contributed by atoms with Gasteiger partial charge in [0.05, 0.1) is 27.0 Å². The number of carbonyl (C=O) groups excluding carboxylic acids is 2. The van der Waals surface area contributed by atoms with Gasteiger partial charge >= 0.3 is 6.03 Å². The molecule has 5 rings (SSSR count). The number of rotatable bonds is 8. The maximum Gasteiger partial charge on any atom is 0.323 e. The number of nitrogens with zero attached hydrogens (tertiary/aromatic N) is 3. The quantitative estimate of drug-likeness (QED) is 0.138. The van der Waals surface area contributed by atoms with Gasteiger partial charge in [-0.1, -0.05) is 71.2 Å². The van der Waals surface area contributed by atoms with Gasteiger partial charge in [0.15, 0.2) is 5.75 Å². The fourth-order valence-corrected chi connectivity index (χ4v) is 4.96. The van der Waals surface area contributed by atoms with Crippen molar-refractivity contribution in [2.75, 3.05) is 10.6 Å². The monoisotopic (exact) mass is 662 g/mol. The molecule has 0 aliphatic rings. The number of urea groups is 1. The van der Waals surface area contributed by atoms with Gasteiger partial charge in [-0.25, -0.2) is 9.48 Å².